The second-order valence-electron chi connectivity index (χ2n) is 2.82. The maximum Gasteiger partial charge on any atom is 0.315 e. The Balaban J connectivity index is 2.34. The van der Waals surface area contributed by atoms with Gasteiger partial charge in [0.15, 0.2) is 0 Å². The van der Waals surface area contributed by atoms with Gasteiger partial charge in [0.25, 0.3) is 0 Å². The molecular weight excluding hydrogens is 197 g/mol. The van der Waals surface area contributed by atoms with Crippen molar-refractivity contribution in [1.29, 1.82) is 5.26 Å². The number of hydrogen-bond acceptors (Lipinski definition) is 2. The molecule has 15 heavy (non-hydrogen) atoms. The molecule has 0 saturated heterocycles. The molecule has 0 aliphatic carbocycles. The Morgan fingerprint density at radius 2 is 2.00 bits per heavy atom. The van der Waals surface area contributed by atoms with Gasteiger partial charge in [-0.3, -0.25) is 0 Å². The lowest BCUT2D eigenvalue weighted by Crippen LogP contribution is -2.35. The summed E-state index contributed by atoms with van der Waals surface area (Å²) in [5.41, 5.74) is 0.795. The van der Waals surface area contributed by atoms with Gasteiger partial charge in [-0.05, 0) is 17.7 Å². The Kier molecular flexibility index (Phi) is 4.10. The summed E-state index contributed by atoms with van der Waals surface area (Å²) in [6, 6.07) is 7.18. The van der Waals surface area contributed by atoms with Crippen molar-refractivity contribution in [3.63, 3.8) is 0 Å². The lowest BCUT2D eigenvalue weighted by atomic mass is 10.2. The van der Waals surface area contributed by atoms with E-state index in [9.17, 15) is 9.18 Å². The van der Waals surface area contributed by atoms with Crippen LogP contribution >= 0.6 is 0 Å². The number of nitrogens with one attached hydrogen (secondary N) is 2. The van der Waals surface area contributed by atoms with Crippen LogP contribution in [0.4, 0.5) is 9.18 Å². The molecule has 0 aromatic heterocycles. The predicted molar refractivity (Wildman–Crippen MR) is 52.3 cm³/mol. The van der Waals surface area contributed by atoms with Gasteiger partial charge in [-0.15, -0.1) is 0 Å². The summed E-state index contributed by atoms with van der Waals surface area (Å²) in [5.74, 6) is -0.312. The fourth-order valence-corrected chi connectivity index (χ4v) is 0.967. The average molecular weight is 207 g/mol. The zero-order valence-corrected chi connectivity index (χ0v) is 7.96. The molecule has 1 rings (SSSR count). The number of urea groups is 1. The van der Waals surface area contributed by atoms with E-state index in [0.29, 0.717) is 6.54 Å². The summed E-state index contributed by atoms with van der Waals surface area (Å²) in [4.78, 5) is 11.0. The highest BCUT2D eigenvalue weighted by Crippen LogP contribution is 2.01. The molecule has 0 aliphatic rings. The quantitative estimate of drug-likeness (QED) is 0.730. The molecule has 0 unspecified atom stereocenters. The molecule has 0 heterocycles. The van der Waals surface area contributed by atoms with E-state index in [4.69, 9.17) is 5.26 Å². The van der Waals surface area contributed by atoms with Crippen molar-refractivity contribution >= 4 is 6.03 Å². The van der Waals surface area contributed by atoms with Crippen molar-refractivity contribution in [2.24, 2.45) is 0 Å². The maximum absolute atomic E-state index is 12.5. The fourth-order valence-electron chi connectivity index (χ4n) is 0.967. The lowest BCUT2D eigenvalue weighted by Gasteiger charge is -2.04. The molecule has 0 bridgehead atoms. The van der Waals surface area contributed by atoms with Crippen LogP contribution in [0.2, 0.25) is 0 Å². The molecular formula is C10H10FN3O. The van der Waals surface area contributed by atoms with E-state index < -0.39 is 6.03 Å². The van der Waals surface area contributed by atoms with Gasteiger partial charge in [-0.25, -0.2) is 9.18 Å². The molecule has 0 atom stereocenters. The third-order valence-electron chi connectivity index (χ3n) is 1.69. The summed E-state index contributed by atoms with van der Waals surface area (Å²) in [7, 11) is 0. The van der Waals surface area contributed by atoms with E-state index in [1.165, 1.54) is 12.1 Å². The highest BCUT2D eigenvalue weighted by Gasteiger charge is 1.98. The van der Waals surface area contributed by atoms with Crippen LogP contribution in [0.15, 0.2) is 24.3 Å². The number of halogens is 1. The Labute approximate surface area is 86.7 Å². The lowest BCUT2D eigenvalue weighted by molar-refractivity contribution is 0.241. The Morgan fingerprint density at radius 1 is 1.33 bits per heavy atom. The number of rotatable bonds is 3. The minimum Gasteiger partial charge on any atom is -0.334 e. The van der Waals surface area contributed by atoms with Crippen LogP contribution in [0.25, 0.3) is 0 Å². The number of hydrogen-bond donors (Lipinski definition) is 2. The van der Waals surface area contributed by atoms with Crippen molar-refractivity contribution in [1.82, 2.24) is 10.6 Å². The SMILES string of the molecule is N#CCNC(=O)NCc1ccc(F)cc1. The van der Waals surface area contributed by atoms with E-state index in [0.717, 1.165) is 5.56 Å². The normalized spacial score (nSPS) is 9.07. The molecule has 0 radical (unpaired) electrons. The van der Waals surface area contributed by atoms with E-state index in [1.54, 1.807) is 18.2 Å². The fraction of sp³-hybridized carbons (Fsp3) is 0.200. The summed E-state index contributed by atoms with van der Waals surface area (Å²) >= 11 is 0. The monoisotopic (exact) mass is 207 g/mol. The number of amides is 2. The summed E-state index contributed by atoms with van der Waals surface area (Å²) in [6.07, 6.45) is 0. The van der Waals surface area contributed by atoms with Crippen molar-refractivity contribution in [3.05, 3.63) is 35.6 Å². The van der Waals surface area contributed by atoms with Crippen molar-refractivity contribution in [3.8, 4) is 6.07 Å². The van der Waals surface area contributed by atoms with Crippen LogP contribution in [-0.4, -0.2) is 12.6 Å². The van der Waals surface area contributed by atoms with Crippen LogP contribution in [0.1, 0.15) is 5.56 Å². The van der Waals surface area contributed by atoms with Gasteiger partial charge < -0.3 is 10.6 Å². The minimum atomic E-state index is -0.416. The van der Waals surface area contributed by atoms with Crippen LogP contribution in [0.3, 0.4) is 0 Å². The number of carbonyl (C=O) groups is 1. The standard InChI is InChI=1S/C10H10FN3O/c11-9-3-1-8(2-4-9)7-14-10(15)13-6-5-12/h1-4H,6-7H2,(H2,13,14,15). The number of carbonyl (C=O) groups excluding carboxylic acids is 1. The first-order valence-electron chi connectivity index (χ1n) is 4.35. The first-order chi connectivity index (χ1) is 7.22. The van der Waals surface area contributed by atoms with Gasteiger partial charge in [0.1, 0.15) is 12.4 Å². The van der Waals surface area contributed by atoms with Crippen LogP contribution in [0, 0.1) is 17.1 Å². The van der Waals surface area contributed by atoms with Gasteiger partial charge in [0, 0.05) is 6.54 Å². The summed E-state index contributed by atoms with van der Waals surface area (Å²) < 4.78 is 12.5. The third-order valence-corrected chi connectivity index (χ3v) is 1.69. The first kappa shape index (κ1) is 11.0. The van der Waals surface area contributed by atoms with Gasteiger partial charge in [0.2, 0.25) is 0 Å². The van der Waals surface area contributed by atoms with Gasteiger partial charge >= 0.3 is 6.03 Å². The topological polar surface area (TPSA) is 64.9 Å². The maximum atomic E-state index is 12.5. The second-order valence-corrected chi connectivity index (χ2v) is 2.82. The average Bonchev–Trinajstić information content (AvgIpc) is 2.25. The third kappa shape index (κ3) is 4.09. The number of benzene rings is 1. The van der Waals surface area contributed by atoms with Crippen LogP contribution < -0.4 is 10.6 Å². The molecule has 4 nitrogen and oxygen atoms in total. The van der Waals surface area contributed by atoms with Crippen LogP contribution in [-0.2, 0) is 6.54 Å². The van der Waals surface area contributed by atoms with E-state index in [2.05, 4.69) is 10.6 Å². The van der Waals surface area contributed by atoms with Crippen LogP contribution in [0.5, 0.6) is 0 Å². The second kappa shape index (κ2) is 5.60. The largest absolute Gasteiger partial charge is 0.334 e. The number of nitrogens with zero attached hydrogens (tertiary/aromatic N) is 1. The highest BCUT2D eigenvalue weighted by atomic mass is 19.1. The molecule has 0 aliphatic heterocycles. The van der Waals surface area contributed by atoms with Crippen molar-refractivity contribution in [2.75, 3.05) is 6.54 Å². The summed E-state index contributed by atoms with van der Waals surface area (Å²) in [5, 5.41) is 13.1. The molecule has 1 aromatic carbocycles. The van der Waals surface area contributed by atoms with Gasteiger partial charge in [-0.1, -0.05) is 12.1 Å². The van der Waals surface area contributed by atoms with Gasteiger partial charge in [0.05, 0.1) is 6.07 Å². The zero-order chi connectivity index (χ0) is 11.1. The molecule has 2 amide bonds. The smallest absolute Gasteiger partial charge is 0.315 e. The Hall–Kier alpha value is -2.09. The minimum absolute atomic E-state index is 0.0325. The van der Waals surface area contributed by atoms with Crippen molar-refractivity contribution < 1.29 is 9.18 Å². The molecule has 0 fully saturated rings. The van der Waals surface area contributed by atoms with E-state index in [-0.39, 0.29) is 12.4 Å². The van der Waals surface area contributed by atoms with Gasteiger partial charge in [-0.2, -0.15) is 5.26 Å². The molecule has 2 N–H and O–H groups in total. The van der Waals surface area contributed by atoms with E-state index in [1.807, 2.05) is 0 Å². The Bertz CT molecular complexity index is 369. The predicted octanol–water partition coefficient (Wildman–Crippen LogP) is 1.15. The van der Waals surface area contributed by atoms with E-state index >= 15 is 0 Å². The van der Waals surface area contributed by atoms with Crippen molar-refractivity contribution in [2.45, 2.75) is 6.54 Å². The molecule has 78 valence electrons. The Morgan fingerprint density at radius 3 is 2.60 bits per heavy atom. The highest BCUT2D eigenvalue weighted by molar-refractivity contribution is 5.74. The molecule has 0 saturated carbocycles. The zero-order valence-electron chi connectivity index (χ0n) is 7.96. The molecule has 5 heteroatoms. The first-order valence-corrected chi connectivity index (χ1v) is 4.35. The number of nitriles is 1. The molecule has 0 spiro atoms. The molecule has 1 aromatic rings. The summed E-state index contributed by atoms with van der Waals surface area (Å²) in [6.45, 7) is 0.271.